The Bertz CT molecular complexity index is 479. The van der Waals surface area contributed by atoms with Crippen LogP contribution in [0.2, 0.25) is 0 Å². The van der Waals surface area contributed by atoms with E-state index in [1.807, 2.05) is 6.92 Å². The van der Waals surface area contributed by atoms with Crippen molar-refractivity contribution in [2.45, 2.75) is 6.92 Å². The molecule has 1 N–H and O–H groups in total. The topological polar surface area (TPSA) is 15.8 Å². The molecule has 0 spiro atoms. The Hall–Kier alpha value is -1.71. The summed E-state index contributed by atoms with van der Waals surface area (Å²) in [5, 5.41) is 0. The molecule has 0 aliphatic rings. The maximum atomic E-state index is 12.9. The summed E-state index contributed by atoms with van der Waals surface area (Å²) >= 11 is 0. The number of aromatic nitrogens is 1. The molecule has 2 rings (SSSR count). The normalized spacial score (nSPS) is 10.7. The molecule has 0 aliphatic heterocycles. The molecular formula is C11H8F3N. The van der Waals surface area contributed by atoms with Gasteiger partial charge >= 0.3 is 0 Å². The lowest BCUT2D eigenvalue weighted by Crippen LogP contribution is -1.91. The predicted octanol–water partition coefficient (Wildman–Crippen LogP) is 3.41. The Labute approximate surface area is 84.6 Å². The Kier molecular flexibility index (Phi) is 2.26. The van der Waals surface area contributed by atoms with Gasteiger partial charge in [0.05, 0.1) is 0 Å². The number of aryl methyl sites for hydroxylation is 1. The summed E-state index contributed by atoms with van der Waals surface area (Å²) in [7, 11) is 0. The van der Waals surface area contributed by atoms with Gasteiger partial charge in [-0.3, -0.25) is 0 Å². The zero-order valence-corrected chi connectivity index (χ0v) is 7.94. The average molecular weight is 211 g/mol. The van der Waals surface area contributed by atoms with Crippen molar-refractivity contribution in [3.63, 3.8) is 0 Å². The number of benzene rings is 1. The van der Waals surface area contributed by atoms with Gasteiger partial charge in [0.15, 0.2) is 17.5 Å². The fourth-order valence-electron chi connectivity index (χ4n) is 1.38. The number of H-pyrrole nitrogens is 1. The lowest BCUT2D eigenvalue weighted by Gasteiger charge is -2.00. The molecule has 0 atom stereocenters. The molecule has 0 fully saturated rings. The van der Waals surface area contributed by atoms with Crippen LogP contribution in [0.1, 0.15) is 5.56 Å². The van der Waals surface area contributed by atoms with Crippen LogP contribution in [0.15, 0.2) is 24.4 Å². The SMILES string of the molecule is Cc1c[nH]c(-c2cc(F)c(F)c(F)c2)c1. The highest BCUT2D eigenvalue weighted by atomic mass is 19.2. The van der Waals surface area contributed by atoms with Crippen LogP contribution in [-0.2, 0) is 0 Å². The second kappa shape index (κ2) is 3.46. The maximum Gasteiger partial charge on any atom is 0.194 e. The number of rotatable bonds is 1. The van der Waals surface area contributed by atoms with Gasteiger partial charge in [-0.1, -0.05) is 0 Å². The summed E-state index contributed by atoms with van der Waals surface area (Å²) in [6, 6.07) is 3.65. The average Bonchev–Trinajstić information content (AvgIpc) is 2.60. The minimum Gasteiger partial charge on any atom is -0.361 e. The van der Waals surface area contributed by atoms with Crippen LogP contribution in [0.4, 0.5) is 13.2 Å². The van der Waals surface area contributed by atoms with Gasteiger partial charge in [0.25, 0.3) is 0 Å². The van der Waals surface area contributed by atoms with Crippen LogP contribution in [0.5, 0.6) is 0 Å². The summed E-state index contributed by atoms with van der Waals surface area (Å²) in [6.45, 7) is 1.84. The van der Waals surface area contributed by atoms with E-state index in [0.717, 1.165) is 17.7 Å². The molecule has 0 radical (unpaired) electrons. The van der Waals surface area contributed by atoms with E-state index in [-0.39, 0.29) is 0 Å². The van der Waals surface area contributed by atoms with Gasteiger partial charge in [0.1, 0.15) is 0 Å². The molecule has 0 aliphatic carbocycles. The molecule has 0 amide bonds. The molecule has 1 nitrogen and oxygen atoms in total. The highest BCUT2D eigenvalue weighted by Crippen LogP contribution is 2.23. The van der Waals surface area contributed by atoms with E-state index in [1.54, 1.807) is 12.3 Å². The molecule has 1 heterocycles. The molecule has 0 saturated carbocycles. The number of halogens is 3. The third kappa shape index (κ3) is 1.75. The van der Waals surface area contributed by atoms with Crippen molar-refractivity contribution in [1.29, 1.82) is 0 Å². The second-order valence-corrected chi connectivity index (χ2v) is 3.34. The second-order valence-electron chi connectivity index (χ2n) is 3.34. The molecule has 78 valence electrons. The van der Waals surface area contributed by atoms with E-state index in [0.29, 0.717) is 11.3 Å². The molecule has 0 unspecified atom stereocenters. The van der Waals surface area contributed by atoms with Gasteiger partial charge < -0.3 is 4.98 Å². The molecule has 4 heteroatoms. The van der Waals surface area contributed by atoms with Gasteiger partial charge in [-0.05, 0) is 30.7 Å². The Balaban J connectivity index is 2.55. The van der Waals surface area contributed by atoms with E-state index in [1.165, 1.54) is 0 Å². The molecule has 0 saturated heterocycles. The van der Waals surface area contributed by atoms with E-state index in [4.69, 9.17) is 0 Å². The molecule has 1 aromatic heterocycles. The van der Waals surface area contributed by atoms with Crippen molar-refractivity contribution < 1.29 is 13.2 Å². The first-order valence-corrected chi connectivity index (χ1v) is 4.38. The highest BCUT2D eigenvalue weighted by molar-refractivity contribution is 5.60. The number of aromatic amines is 1. The maximum absolute atomic E-state index is 12.9. The summed E-state index contributed by atoms with van der Waals surface area (Å²) in [5.41, 5.74) is 1.79. The standard InChI is InChI=1S/C11H8F3N/c1-6-2-10(15-5-6)7-3-8(12)11(14)9(13)4-7/h2-5,15H,1H3. The lowest BCUT2D eigenvalue weighted by atomic mass is 10.1. The molecule has 15 heavy (non-hydrogen) atoms. The van der Waals surface area contributed by atoms with Gasteiger partial charge in [-0.2, -0.15) is 0 Å². The monoisotopic (exact) mass is 211 g/mol. The van der Waals surface area contributed by atoms with Crippen LogP contribution in [-0.4, -0.2) is 4.98 Å². The van der Waals surface area contributed by atoms with E-state index in [9.17, 15) is 13.2 Å². The smallest absolute Gasteiger partial charge is 0.194 e. The fraction of sp³-hybridized carbons (Fsp3) is 0.0909. The van der Waals surface area contributed by atoms with Crippen LogP contribution in [0.25, 0.3) is 11.3 Å². The largest absolute Gasteiger partial charge is 0.361 e. The van der Waals surface area contributed by atoms with Gasteiger partial charge in [-0.15, -0.1) is 0 Å². The third-order valence-corrected chi connectivity index (χ3v) is 2.12. The molecule has 0 bridgehead atoms. The Morgan fingerprint density at radius 1 is 1.00 bits per heavy atom. The number of nitrogens with one attached hydrogen (secondary N) is 1. The first-order chi connectivity index (χ1) is 7.08. The highest BCUT2D eigenvalue weighted by Gasteiger charge is 2.11. The Morgan fingerprint density at radius 3 is 2.07 bits per heavy atom. The molecule has 1 aromatic carbocycles. The minimum absolute atomic E-state index is 0.291. The van der Waals surface area contributed by atoms with Gasteiger partial charge in [-0.25, -0.2) is 13.2 Å². The lowest BCUT2D eigenvalue weighted by molar-refractivity contribution is 0.447. The fourth-order valence-corrected chi connectivity index (χ4v) is 1.38. The van der Waals surface area contributed by atoms with Crippen LogP contribution < -0.4 is 0 Å². The quantitative estimate of drug-likeness (QED) is 0.696. The van der Waals surface area contributed by atoms with Crippen molar-refractivity contribution in [3.05, 3.63) is 47.4 Å². The number of hydrogen-bond acceptors (Lipinski definition) is 0. The van der Waals surface area contributed by atoms with Crippen LogP contribution in [0, 0.1) is 24.4 Å². The van der Waals surface area contributed by atoms with Crippen molar-refractivity contribution in [3.8, 4) is 11.3 Å². The van der Waals surface area contributed by atoms with Gasteiger partial charge in [0, 0.05) is 17.5 Å². The summed E-state index contributed by atoms with van der Waals surface area (Å²) in [4.78, 5) is 2.84. The van der Waals surface area contributed by atoms with Crippen LogP contribution in [0.3, 0.4) is 0 Å². The summed E-state index contributed by atoms with van der Waals surface area (Å²) in [5.74, 6) is -3.81. The first-order valence-electron chi connectivity index (χ1n) is 4.38. The molecule has 2 aromatic rings. The minimum atomic E-state index is -1.44. The van der Waals surface area contributed by atoms with Crippen molar-refractivity contribution in [1.82, 2.24) is 4.98 Å². The first kappa shape index (κ1) is 9.83. The zero-order chi connectivity index (χ0) is 11.0. The number of hydrogen-bond donors (Lipinski definition) is 1. The predicted molar refractivity (Wildman–Crippen MR) is 50.8 cm³/mol. The Morgan fingerprint density at radius 2 is 1.60 bits per heavy atom. The van der Waals surface area contributed by atoms with Gasteiger partial charge in [0.2, 0.25) is 0 Å². The third-order valence-electron chi connectivity index (χ3n) is 2.12. The summed E-state index contributed by atoms with van der Waals surface area (Å²) < 4.78 is 38.5. The van der Waals surface area contributed by atoms with E-state index >= 15 is 0 Å². The summed E-state index contributed by atoms with van der Waals surface area (Å²) in [6.07, 6.45) is 1.70. The van der Waals surface area contributed by atoms with E-state index < -0.39 is 17.5 Å². The molecular weight excluding hydrogens is 203 g/mol. The van der Waals surface area contributed by atoms with Crippen molar-refractivity contribution >= 4 is 0 Å². The van der Waals surface area contributed by atoms with Crippen molar-refractivity contribution in [2.75, 3.05) is 0 Å². The van der Waals surface area contributed by atoms with Crippen molar-refractivity contribution in [2.24, 2.45) is 0 Å². The van der Waals surface area contributed by atoms with Crippen LogP contribution >= 0.6 is 0 Å². The zero-order valence-electron chi connectivity index (χ0n) is 7.94. The van der Waals surface area contributed by atoms with E-state index in [2.05, 4.69) is 4.98 Å².